The molecule has 168 valence electrons. The van der Waals surface area contributed by atoms with Gasteiger partial charge in [-0.2, -0.15) is 0 Å². The van der Waals surface area contributed by atoms with E-state index < -0.39 is 0 Å². The molecule has 0 amide bonds. The number of guanidine groups is 1. The minimum atomic E-state index is 0.283. The first-order valence-electron chi connectivity index (χ1n) is 11.4. The van der Waals surface area contributed by atoms with Crippen molar-refractivity contribution < 1.29 is 9.47 Å². The van der Waals surface area contributed by atoms with Gasteiger partial charge in [0.05, 0.1) is 12.7 Å². The van der Waals surface area contributed by atoms with Gasteiger partial charge in [-0.05, 0) is 50.5 Å². The lowest BCUT2D eigenvalue weighted by Crippen LogP contribution is -2.37. The van der Waals surface area contributed by atoms with E-state index in [4.69, 9.17) is 9.47 Å². The molecule has 2 fully saturated rings. The molecule has 7 nitrogen and oxygen atoms in total. The lowest BCUT2D eigenvalue weighted by molar-refractivity contribution is 0.0420. The molecule has 0 saturated carbocycles. The van der Waals surface area contributed by atoms with Gasteiger partial charge in [-0.25, -0.2) is 0 Å². The zero-order chi connectivity index (χ0) is 21.0. The predicted octanol–water partition coefficient (Wildman–Crippen LogP) is 1.68. The third-order valence-electron chi connectivity index (χ3n) is 5.78. The van der Waals surface area contributed by atoms with Crippen LogP contribution in [0.25, 0.3) is 0 Å². The predicted molar refractivity (Wildman–Crippen MR) is 122 cm³/mol. The van der Waals surface area contributed by atoms with Gasteiger partial charge in [-0.3, -0.25) is 9.89 Å². The van der Waals surface area contributed by atoms with E-state index in [1.807, 2.05) is 7.05 Å². The van der Waals surface area contributed by atoms with E-state index in [2.05, 4.69) is 56.7 Å². The Morgan fingerprint density at radius 1 is 1.13 bits per heavy atom. The van der Waals surface area contributed by atoms with Crippen LogP contribution in [0.15, 0.2) is 29.3 Å². The molecule has 0 bridgehead atoms. The number of ether oxygens (including phenoxy) is 2. The van der Waals surface area contributed by atoms with Gasteiger partial charge in [-0.1, -0.05) is 24.3 Å². The number of hydrogen-bond acceptors (Lipinski definition) is 5. The van der Waals surface area contributed by atoms with Crippen LogP contribution < -0.4 is 10.6 Å². The smallest absolute Gasteiger partial charge is 0.191 e. The zero-order valence-corrected chi connectivity index (χ0v) is 18.7. The Morgan fingerprint density at radius 2 is 1.97 bits per heavy atom. The third-order valence-corrected chi connectivity index (χ3v) is 5.78. The fourth-order valence-corrected chi connectivity index (χ4v) is 3.86. The highest BCUT2D eigenvalue weighted by Gasteiger charge is 2.15. The highest BCUT2D eigenvalue weighted by atomic mass is 16.5. The first-order valence-corrected chi connectivity index (χ1v) is 11.4. The van der Waals surface area contributed by atoms with E-state index in [-0.39, 0.29) is 6.10 Å². The molecule has 2 heterocycles. The van der Waals surface area contributed by atoms with E-state index >= 15 is 0 Å². The summed E-state index contributed by atoms with van der Waals surface area (Å²) in [6.45, 7) is 9.69. The van der Waals surface area contributed by atoms with Crippen LogP contribution in [0.2, 0.25) is 0 Å². The number of hydrogen-bond donors (Lipinski definition) is 2. The Hall–Kier alpha value is -1.67. The zero-order valence-electron chi connectivity index (χ0n) is 18.7. The van der Waals surface area contributed by atoms with Gasteiger partial charge >= 0.3 is 0 Å². The van der Waals surface area contributed by atoms with E-state index in [1.54, 1.807) is 0 Å². The maximum absolute atomic E-state index is 5.79. The SMILES string of the molecule is CN=C(NCCCOC1CCOC1)NCc1ccc(CN2CCCN(C)CC2)cc1. The summed E-state index contributed by atoms with van der Waals surface area (Å²) in [5, 5.41) is 6.75. The molecular formula is C23H39N5O2. The van der Waals surface area contributed by atoms with Gasteiger partial charge in [0.25, 0.3) is 0 Å². The van der Waals surface area contributed by atoms with Gasteiger partial charge in [0.15, 0.2) is 5.96 Å². The van der Waals surface area contributed by atoms with Crippen molar-refractivity contribution in [3.63, 3.8) is 0 Å². The Labute approximate surface area is 181 Å². The monoisotopic (exact) mass is 417 g/mol. The Kier molecular flexibility index (Phi) is 9.89. The van der Waals surface area contributed by atoms with Crippen LogP contribution in [-0.2, 0) is 22.6 Å². The van der Waals surface area contributed by atoms with Gasteiger partial charge in [0, 0.05) is 53.0 Å². The maximum Gasteiger partial charge on any atom is 0.191 e. The molecule has 1 aromatic carbocycles. The molecule has 1 unspecified atom stereocenters. The summed E-state index contributed by atoms with van der Waals surface area (Å²) in [6, 6.07) is 8.95. The first-order chi connectivity index (χ1) is 14.7. The van der Waals surface area contributed by atoms with Gasteiger partial charge in [0.1, 0.15) is 0 Å². The van der Waals surface area contributed by atoms with Gasteiger partial charge in [-0.15, -0.1) is 0 Å². The van der Waals surface area contributed by atoms with E-state index in [0.717, 1.165) is 71.3 Å². The van der Waals surface area contributed by atoms with Crippen LogP contribution in [0.1, 0.15) is 30.4 Å². The molecule has 1 atom stereocenters. The molecule has 7 heteroatoms. The molecule has 0 aliphatic carbocycles. The van der Waals surface area contributed by atoms with Crippen molar-refractivity contribution >= 4 is 5.96 Å². The van der Waals surface area contributed by atoms with Crippen molar-refractivity contribution in [2.24, 2.45) is 4.99 Å². The fourth-order valence-electron chi connectivity index (χ4n) is 3.86. The summed E-state index contributed by atoms with van der Waals surface area (Å²) in [5.74, 6) is 0.831. The quantitative estimate of drug-likeness (QED) is 0.362. The Morgan fingerprint density at radius 3 is 2.73 bits per heavy atom. The molecule has 3 rings (SSSR count). The second-order valence-electron chi connectivity index (χ2n) is 8.31. The average Bonchev–Trinajstić information content (AvgIpc) is 3.20. The molecule has 30 heavy (non-hydrogen) atoms. The molecule has 0 radical (unpaired) electrons. The highest BCUT2D eigenvalue weighted by molar-refractivity contribution is 5.79. The summed E-state index contributed by atoms with van der Waals surface area (Å²) < 4.78 is 11.1. The van der Waals surface area contributed by atoms with Crippen molar-refractivity contribution in [3.8, 4) is 0 Å². The van der Waals surface area contributed by atoms with Crippen molar-refractivity contribution in [1.29, 1.82) is 0 Å². The van der Waals surface area contributed by atoms with Crippen LogP contribution in [0.3, 0.4) is 0 Å². The van der Waals surface area contributed by atoms with E-state index in [1.165, 1.54) is 30.6 Å². The van der Waals surface area contributed by atoms with Crippen molar-refractivity contribution in [2.45, 2.75) is 38.5 Å². The summed E-state index contributed by atoms with van der Waals surface area (Å²) in [5.41, 5.74) is 2.65. The van der Waals surface area contributed by atoms with Crippen LogP contribution in [0, 0.1) is 0 Å². The second-order valence-corrected chi connectivity index (χ2v) is 8.31. The summed E-state index contributed by atoms with van der Waals surface area (Å²) >= 11 is 0. The van der Waals surface area contributed by atoms with E-state index in [0.29, 0.717) is 0 Å². The molecule has 0 aromatic heterocycles. The maximum atomic E-state index is 5.79. The molecular weight excluding hydrogens is 378 g/mol. The third kappa shape index (κ3) is 8.22. The number of likely N-dealkylation sites (N-methyl/N-ethyl adjacent to an activating group) is 1. The van der Waals surface area contributed by atoms with E-state index in [9.17, 15) is 0 Å². The molecule has 2 N–H and O–H groups in total. The van der Waals surface area contributed by atoms with Crippen LogP contribution >= 0.6 is 0 Å². The number of rotatable bonds is 9. The minimum Gasteiger partial charge on any atom is -0.379 e. The van der Waals surface area contributed by atoms with Crippen molar-refractivity contribution in [2.75, 3.05) is 66.6 Å². The molecule has 1 aromatic rings. The number of nitrogens with one attached hydrogen (secondary N) is 2. The normalized spacial score (nSPS) is 21.5. The molecule has 2 saturated heterocycles. The second kappa shape index (κ2) is 12.9. The fraction of sp³-hybridized carbons (Fsp3) is 0.696. The van der Waals surface area contributed by atoms with Gasteiger partial charge in [0.2, 0.25) is 0 Å². The van der Waals surface area contributed by atoms with Crippen molar-refractivity contribution in [3.05, 3.63) is 35.4 Å². The van der Waals surface area contributed by atoms with Crippen molar-refractivity contribution in [1.82, 2.24) is 20.4 Å². The number of nitrogens with zero attached hydrogens (tertiary/aromatic N) is 3. The molecule has 0 spiro atoms. The summed E-state index contributed by atoms with van der Waals surface area (Å²) in [4.78, 5) is 9.30. The first kappa shape index (κ1) is 23.0. The molecule has 2 aliphatic rings. The summed E-state index contributed by atoms with van der Waals surface area (Å²) in [7, 11) is 4.02. The standard InChI is InChI=1S/C23H39N5O2/c1-24-23(25-10-3-15-30-22-9-16-29-19-22)26-17-20-5-7-21(8-6-20)18-28-12-4-11-27(2)13-14-28/h5-8,22H,3-4,9-19H2,1-2H3,(H2,24,25,26). The number of aliphatic imine (C=N–C) groups is 1. The molecule has 2 aliphatic heterocycles. The lowest BCUT2D eigenvalue weighted by Gasteiger charge is -2.20. The van der Waals surface area contributed by atoms with Crippen LogP contribution in [0.5, 0.6) is 0 Å². The summed E-state index contributed by atoms with van der Waals surface area (Å²) in [6.07, 6.45) is 3.51. The Bertz CT molecular complexity index is 631. The largest absolute Gasteiger partial charge is 0.379 e. The van der Waals surface area contributed by atoms with Gasteiger partial charge < -0.3 is 25.0 Å². The lowest BCUT2D eigenvalue weighted by atomic mass is 10.1. The Balaban J connectivity index is 1.31. The minimum absolute atomic E-state index is 0.283. The van der Waals surface area contributed by atoms with Crippen LogP contribution in [-0.4, -0.2) is 88.5 Å². The highest BCUT2D eigenvalue weighted by Crippen LogP contribution is 2.10. The topological polar surface area (TPSA) is 61.4 Å². The van der Waals surface area contributed by atoms with Crippen LogP contribution in [0.4, 0.5) is 0 Å². The number of benzene rings is 1. The average molecular weight is 418 g/mol.